The Bertz CT molecular complexity index is 777. The fraction of sp³-hybridized carbons (Fsp3) is 0.429. The smallest absolute Gasteiger partial charge is 0.226 e. The van der Waals surface area contributed by atoms with Crippen molar-refractivity contribution in [3.05, 3.63) is 30.2 Å². The van der Waals surface area contributed by atoms with E-state index in [2.05, 4.69) is 31.7 Å². The minimum Gasteiger partial charge on any atom is -0.424 e. The zero-order valence-corrected chi connectivity index (χ0v) is 12.5. The minimum atomic E-state index is 0.502. The number of hydrogen-bond acceptors (Lipinski definition) is 6. The molecule has 0 unspecified atom stereocenters. The van der Waals surface area contributed by atoms with Crippen LogP contribution >= 0.6 is 11.8 Å². The van der Waals surface area contributed by atoms with Gasteiger partial charge in [-0.1, -0.05) is 11.8 Å². The van der Waals surface area contributed by atoms with Crippen LogP contribution in [0.1, 0.15) is 37.5 Å². The van der Waals surface area contributed by atoms with Crippen LogP contribution in [-0.4, -0.2) is 24.7 Å². The molecule has 3 aromatic heterocycles. The predicted octanol–water partition coefficient (Wildman–Crippen LogP) is 3.00. The van der Waals surface area contributed by atoms with E-state index < -0.39 is 0 Å². The molecule has 0 aliphatic heterocycles. The summed E-state index contributed by atoms with van der Waals surface area (Å²) in [6, 6.07) is 1.99. The molecule has 1 aliphatic carbocycles. The number of fused-ring (bicyclic) bond motifs is 1. The fourth-order valence-electron chi connectivity index (χ4n) is 2.32. The highest BCUT2D eigenvalue weighted by molar-refractivity contribution is 7.98. The van der Waals surface area contributed by atoms with E-state index in [0.717, 1.165) is 28.6 Å². The standard InChI is InChI=1S/C14H15N5OS/c1-2-19-11-5-6-15-7-10(11)16-14(19)21-8-12-17-18-13(20-12)9-3-4-9/h5-7,9H,2-4,8H2,1H3. The van der Waals surface area contributed by atoms with Gasteiger partial charge in [0.25, 0.3) is 0 Å². The first kappa shape index (κ1) is 12.8. The van der Waals surface area contributed by atoms with Gasteiger partial charge >= 0.3 is 0 Å². The lowest BCUT2D eigenvalue weighted by Crippen LogP contribution is -1.96. The molecule has 1 fully saturated rings. The topological polar surface area (TPSA) is 69.6 Å². The second-order valence-electron chi connectivity index (χ2n) is 5.10. The number of imidazole rings is 1. The van der Waals surface area contributed by atoms with Crippen molar-refractivity contribution >= 4 is 22.8 Å². The third kappa shape index (κ3) is 2.42. The van der Waals surface area contributed by atoms with Crippen LogP contribution in [0.5, 0.6) is 0 Å². The average molecular weight is 301 g/mol. The summed E-state index contributed by atoms with van der Waals surface area (Å²) in [6.07, 6.45) is 5.94. The summed E-state index contributed by atoms with van der Waals surface area (Å²) in [5, 5.41) is 9.19. The lowest BCUT2D eigenvalue weighted by molar-refractivity contribution is 0.466. The van der Waals surface area contributed by atoms with Crippen LogP contribution in [0, 0.1) is 0 Å². The maximum absolute atomic E-state index is 5.68. The highest BCUT2D eigenvalue weighted by Crippen LogP contribution is 2.39. The molecule has 21 heavy (non-hydrogen) atoms. The Morgan fingerprint density at radius 2 is 2.29 bits per heavy atom. The Balaban J connectivity index is 1.55. The van der Waals surface area contributed by atoms with Gasteiger partial charge in [0, 0.05) is 18.7 Å². The van der Waals surface area contributed by atoms with Crippen LogP contribution in [0.3, 0.4) is 0 Å². The molecule has 3 aromatic rings. The lowest BCUT2D eigenvalue weighted by atomic mass is 10.4. The summed E-state index contributed by atoms with van der Waals surface area (Å²) >= 11 is 1.62. The third-order valence-corrected chi connectivity index (χ3v) is 4.53. The van der Waals surface area contributed by atoms with Gasteiger partial charge < -0.3 is 8.98 Å². The van der Waals surface area contributed by atoms with Gasteiger partial charge in [0.1, 0.15) is 5.52 Å². The molecule has 0 aromatic carbocycles. The molecule has 0 saturated heterocycles. The highest BCUT2D eigenvalue weighted by Gasteiger charge is 2.29. The number of thioether (sulfide) groups is 1. The molecule has 0 radical (unpaired) electrons. The van der Waals surface area contributed by atoms with Crippen molar-refractivity contribution in [1.82, 2.24) is 24.7 Å². The first-order chi connectivity index (χ1) is 10.3. The van der Waals surface area contributed by atoms with Crippen LogP contribution in [0.25, 0.3) is 11.0 Å². The van der Waals surface area contributed by atoms with Crippen molar-refractivity contribution in [3.8, 4) is 0 Å². The molecule has 3 heterocycles. The van der Waals surface area contributed by atoms with Crippen LogP contribution in [0.4, 0.5) is 0 Å². The van der Waals surface area contributed by atoms with Crippen molar-refractivity contribution < 1.29 is 4.42 Å². The molecule has 6 nitrogen and oxygen atoms in total. The van der Waals surface area contributed by atoms with E-state index >= 15 is 0 Å². The SMILES string of the molecule is CCn1c(SCc2nnc(C3CC3)o2)nc2cnccc21. The monoisotopic (exact) mass is 301 g/mol. The van der Waals surface area contributed by atoms with Crippen LogP contribution < -0.4 is 0 Å². The molecule has 7 heteroatoms. The normalized spacial score (nSPS) is 14.9. The van der Waals surface area contributed by atoms with Crippen molar-refractivity contribution in [2.24, 2.45) is 0 Å². The maximum Gasteiger partial charge on any atom is 0.226 e. The summed E-state index contributed by atoms with van der Waals surface area (Å²) in [4.78, 5) is 8.75. The highest BCUT2D eigenvalue weighted by atomic mass is 32.2. The number of pyridine rings is 1. The van der Waals surface area contributed by atoms with E-state index in [-0.39, 0.29) is 0 Å². The van der Waals surface area contributed by atoms with Gasteiger partial charge in [0.15, 0.2) is 5.16 Å². The number of nitrogens with zero attached hydrogens (tertiary/aromatic N) is 5. The van der Waals surface area contributed by atoms with E-state index in [4.69, 9.17) is 4.42 Å². The second kappa shape index (κ2) is 5.14. The minimum absolute atomic E-state index is 0.502. The third-order valence-electron chi connectivity index (χ3n) is 3.57. The number of aromatic nitrogens is 5. The van der Waals surface area contributed by atoms with Gasteiger partial charge in [0.05, 0.1) is 17.5 Å². The molecule has 1 saturated carbocycles. The maximum atomic E-state index is 5.68. The van der Waals surface area contributed by atoms with Crippen LogP contribution in [-0.2, 0) is 12.3 Å². The van der Waals surface area contributed by atoms with Gasteiger partial charge in [-0.05, 0) is 25.8 Å². The molecule has 0 amide bonds. The van der Waals surface area contributed by atoms with Gasteiger partial charge in [-0.3, -0.25) is 4.98 Å². The Morgan fingerprint density at radius 3 is 3.10 bits per heavy atom. The largest absolute Gasteiger partial charge is 0.424 e. The fourth-order valence-corrected chi connectivity index (χ4v) is 3.24. The van der Waals surface area contributed by atoms with E-state index in [1.807, 2.05) is 6.07 Å². The summed E-state index contributed by atoms with van der Waals surface area (Å²) in [5.74, 6) is 2.62. The Hall–Kier alpha value is -1.89. The molecule has 0 bridgehead atoms. The van der Waals surface area contributed by atoms with Gasteiger partial charge in [-0.15, -0.1) is 10.2 Å². The number of aryl methyl sites for hydroxylation is 1. The van der Waals surface area contributed by atoms with Crippen LogP contribution in [0.15, 0.2) is 28.0 Å². The molecular formula is C14H15N5OS. The first-order valence-corrected chi connectivity index (χ1v) is 8.09. The van der Waals surface area contributed by atoms with E-state index in [1.54, 1.807) is 24.2 Å². The molecule has 0 N–H and O–H groups in total. The zero-order valence-electron chi connectivity index (χ0n) is 11.7. The van der Waals surface area contributed by atoms with Crippen molar-refractivity contribution in [1.29, 1.82) is 0 Å². The molecule has 0 spiro atoms. The molecule has 4 rings (SSSR count). The van der Waals surface area contributed by atoms with Crippen molar-refractivity contribution in [2.45, 2.75) is 43.1 Å². The summed E-state index contributed by atoms with van der Waals surface area (Å²) < 4.78 is 7.86. The van der Waals surface area contributed by atoms with Crippen molar-refractivity contribution in [2.75, 3.05) is 0 Å². The Labute approximate surface area is 126 Å². The van der Waals surface area contributed by atoms with E-state index in [1.165, 1.54) is 12.8 Å². The lowest BCUT2D eigenvalue weighted by Gasteiger charge is -2.03. The molecule has 0 atom stereocenters. The van der Waals surface area contributed by atoms with Crippen molar-refractivity contribution in [3.63, 3.8) is 0 Å². The van der Waals surface area contributed by atoms with Gasteiger partial charge in [-0.2, -0.15) is 0 Å². The van der Waals surface area contributed by atoms with Gasteiger partial charge in [-0.25, -0.2) is 4.98 Å². The zero-order chi connectivity index (χ0) is 14.2. The Kier molecular flexibility index (Phi) is 3.14. The van der Waals surface area contributed by atoms with Gasteiger partial charge in [0.2, 0.25) is 11.8 Å². The average Bonchev–Trinajstić information content (AvgIpc) is 3.14. The molecular weight excluding hydrogens is 286 g/mol. The summed E-state index contributed by atoms with van der Waals surface area (Å²) in [7, 11) is 0. The summed E-state index contributed by atoms with van der Waals surface area (Å²) in [5.41, 5.74) is 2.03. The predicted molar refractivity (Wildman–Crippen MR) is 79.0 cm³/mol. The molecule has 108 valence electrons. The quantitative estimate of drug-likeness (QED) is 0.675. The number of hydrogen-bond donors (Lipinski definition) is 0. The number of rotatable bonds is 5. The van der Waals surface area contributed by atoms with Crippen LogP contribution in [0.2, 0.25) is 0 Å². The van der Waals surface area contributed by atoms with E-state index in [9.17, 15) is 0 Å². The summed E-state index contributed by atoms with van der Waals surface area (Å²) in [6.45, 7) is 2.99. The first-order valence-electron chi connectivity index (χ1n) is 7.10. The Morgan fingerprint density at radius 1 is 1.38 bits per heavy atom. The molecule has 1 aliphatic rings. The second-order valence-corrected chi connectivity index (χ2v) is 6.04. The van der Waals surface area contributed by atoms with E-state index in [0.29, 0.717) is 17.6 Å².